The van der Waals surface area contributed by atoms with E-state index in [4.69, 9.17) is 0 Å². The first-order valence-corrected chi connectivity index (χ1v) is 8.78. The van der Waals surface area contributed by atoms with Crippen molar-refractivity contribution in [3.63, 3.8) is 0 Å². The summed E-state index contributed by atoms with van der Waals surface area (Å²) in [7, 11) is 2.29. The average Bonchev–Trinajstić information content (AvgIpc) is 2.54. The van der Waals surface area contributed by atoms with Gasteiger partial charge in [0.05, 0.1) is 0 Å². The average molecular weight is 288 g/mol. The molecule has 0 saturated heterocycles. The Kier molecular flexibility index (Phi) is 7.25. The van der Waals surface area contributed by atoms with Gasteiger partial charge in [0.15, 0.2) is 0 Å². The van der Waals surface area contributed by atoms with Crippen LogP contribution in [0.1, 0.15) is 56.6 Å². The molecule has 0 aromatic heterocycles. The van der Waals surface area contributed by atoms with E-state index in [1.54, 1.807) is 0 Å². The molecule has 2 nitrogen and oxygen atoms in total. The molecule has 0 aliphatic heterocycles. The quantitative estimate of drug-likeness (QED) is 0.728. The molecule has 118 valence electrons. The Morgan fingerprint density at radius 3 is 2.33 bits per heavy atom. The van der Waals surface area contributed by atoms with Gasteiger partial charge in [0.25, 0.3) is 0 Å². The molecule has 1 saturated carbocycles. The van der Waals surface area contributed by atoms with Crippen molar-refractivity contribution in [1.82, 2.24) is 10.2 Å². The molecular formula is C19H32N2. The normalized spacial score (nSPS) is 16.5. The summed E-state index contributed by atoms with van der Waals surface area (Å²) < 4.78 is 0. The van der Waals surface area contributed by atoms with Crippen molar-refractivity contribution >= 4 is 0 Å². The summed E-state index contributed by atoms with van der Waals surface area (Å²) in [5.74, 6) is 0. The molecule has 0 unspecified atom stereocenters. The highest BCUT2D eigenvalue weighted by molar-refractivity contribution is 5.22. The van der Waals surface area contributed by atoms with E-state index in [0.29, 0.717) is 0 Å². The van der Waals surface area contributed by atoms with Crippen molar-refractivity contribution in [3.05, 3.63) is 35.4 Å². The van der Waals surface area contributed by atoms with Gasteiger partial charge in [-0.3, -0.25) is 4.90 Å². The maximum Gasteiger partial charge on any atom is 0.0233 e. The number of rotatable bonds is 8. The minimum absolute atomic E-state index is 0.802. The second kappa shape index (κ2) is 9.22. The van der Waals surface area contributed by atoms with Gasteiger partial charge < -0.3 is 5.32 Å². The summed E-state index contributed by atoms with van der Waals surface area (Å²) in [5, 5.41) is 3.47. The Balaban J connectivity index is 1.75. The molecule has 1 N–H and O–H groups in total. The van der Waals surface area contributed by atoms with Crippen LogP contribution < -0.4 is 5.32 Å². The second-order valence-corrected chi connectivity index (χ2v) is 6.52. The van der Waals surface area contributed by atoms with Crippen LogP contribution in [-0.2, 0) is 13.0 Å². The van der Waals surface area contributed by atoms with Crippen molar-refractivity contribution < 1.29 is 0 Å². The van der Waals surface area contributed by atoms with Crippen LogP contribution in [0.5, 0.6) is 0 Å². The van der Waals surface area contributed by atoms with Gasteiger partial charge in [-0.25, -0.2) is 0 Å². The van der Waals surface area contributed by atoms with E-state index in [9.17, 15) is 0 Å². The predicted molar refractivity (Wildman–Crippen MR) is 91.6 cm³/mol. The maximum absolute atomic E-state index is 3.47. The van der Waals surface area contributed by atoms with Crippen LogP contribution >= 0.6 is 0 Å². The molecule has 0 heterocycles. The third-order valence-corrected chi connectivity index (χ3v) is 4.67. The summed E-state index contributed by atoms with van der Waals surface area (Å²) in [5.41, 5.74) is 2.90. The molecule has 0 atom stereocenters. The molecule has 0 amide bonds. The topological polar surface area (TPSA) is 15.3 Å². The highest BCUT2D eigenvalue weighted by Gasteiger charge is 2.17. The zero-order valence-electron chi connectivity index (χ0n) is 13.9. The summed E-state index contributed by atoms with van der Waals surface area (Å²) in [6, 6.07) is 10.0. The molecule has 1 aliphatic rings. The fourth-order valence-electron chi connectivity index (χ4n) is 3.28. The van der Waals surface area contributed by atoms with E-state index >= 15 is 0 Å². The van der Waals surface area contributed by atoms with Crippen LogP contribution in [0.15, 0.2) is 24.3 Å². The standard InChI is InChI=1S/C19H32N2/c1-3-14-20-15-13-17-9-11-18(12-10-17)16-21(2)19-7-5-4-6-8-19/h9-12,19-20H,3-8,13-16H2,1-2H3. The number of benzene rings is 1. The van der Waals surface area contributed by atoms with Crippen LogP contribution in [0.3, 0.4) is 0 Å². The molecule has 0 bridgehead atoms. The summed E-state index contributed by atoms with van der Waals surface area (Å²) in [4.78, 5) is 2.55. The first-order chi connectivity index (χ1) is 10.3. The SMILES string of the molecule is CCCNCCc1ccc(CN(C)C2CCCCC2)cc1. The van der Waals surface area contributed by atoms with Crippen molar-refractivity contribution in [2.45, 2.75) is 64.5 Å². The lowest BCUT2D eigenvalue weighted by Gasteiger charge is -2.31. The Hall–Kier alpha value is -0.860. The van der Waals surface area contributed by atoms with Gasteiger partial charge >= 0.3 is 0 Å². The van der Waals surface area contributed by atoms with E-state index < -0.39 is 0 Å². The Bertz CT molecular complexity index is 379. The van der Waals surface area contributed by atoms with Crippen LogP contribution in [0, 0.1) is 0 Å². The number of nitrogens with zero attached hydrogens (tertiary/aromatic N) is 1. The van der Waals surface area contributed by atoms with Crippen LogP contribution in [0.25, 0.3) is 0 Å². The van der Waals surface area contributed by atoms with Gasteiger partial charge in [-0.1, -0.05) is 50.5 Å². The minimum Gasteiger partial charge on any atom is -0.316 e. The highest BCUT2D eigenvalue weighted by atomic mass is 15.1. The van der Waals surface area contributed by atoms with Gasteiger partial charge in [-0.05, 0) is 56.9 Å². The van der Waals surface area contributed by atoms with Crippen molar-refractivity contribution in [2.75, 3.05) is 20.1 Å². The first-order valence-electron chi connectivity index (χ1n) is 8.78. The summed E-state index contributed by atoms with van der Waals surface area (Å²) >= 11 is 0. The smallest absolute Gasteiger partial charge is 0.0233 e. The van der Waals surface area contributed by atoms with E-state index in [1.807, 2.05) is 0 Å². The largest absolute Gasteiger partial charge is 0.316 e. The number of nitrogens with one attached hydrogen (secondary N) is 1. The number of hydrogen-bond acceptors (Lipinski definition) is 2. The molecular weight excluding hydrogens is 256 g/mol. The molecule has 2 heteroatoms. The van der Waals surface area contributed by atoms with E-state index in [0.717, 1.165) is 32.1 Å². The molecule has 1 aliphatic carbocycles. The maximum atomic E-state index is 3.47. The van der Waals surface area contributed by atoms with Crippen molar-refractivity contribution in [2.24, 2.45) is 0 Å². The third-order valence-electron chi connectivity index (χ3n) is 4.67. The minimum atomic E-state index is 0.802. The molecule has 0 radical (unpaired) electrons. The van der Waals surface area contributed by atoms with Gasteiger partial charge in [0.2, 0.25) is 0 Å². The van der Waals surface area contributed by atoms with Gasteiger partial charge in [0.1, 0.15) is 0 Å². The third kappa shape index (κ3) is 5.80. The Labute approximate surface area is 130 Å². The van der Waals surface area contributed by atoms with Gasteiger partial charge in [-0.15, -0.1) is 0 Å². The summed E-state index contributed by atoms with van der Waals surface area (Å²) in [6.45, 7) is 5.53. The predicted octanol–water partition coefficient (Wildman–Crippen LogP) is 3.99. The fourth-order valence-corrected chi connectivity index (χ4v) is 3.28. The van der Waals surface area contributed by atoms with Crippen LogP contribution in [0.4, 0.5) is 0 Å². The van der Waals surface area contributed by atoms with Gasteiger partial charge in [-0.2, -0.15) is 0 Å². The lowest BCUT2D eigenvalue weighted by Crippen LogP contribution is -2.32. The lowest BCUT2D eigenvalue weighted by atomic mass is 9.94. The van der Waals surface area contributed by atoms with E-state index in [-0.39, 0.29) is 0 Å². The molecule has 2 rings (SSSR count). The number of hydrogen-bond donors (Lipinski definition) is 1. The molecule has 1 aromatic carbocycles. The monoisotopic (exact) mass is 288 g/mol. The Morgan fingerprint density at radius 1 is 1.00 bits per heavy atom. The Morgan fingerprint density at radius 2 is 1.67 bits per heavy atom. The zero-order valence-corrected chi connectivity index (χ0v) is 13.9. The zero-order chi connectivity index (χ0) is 14.9. The second-order valence-electron chi connectivity index (χ2n) is 6.52. The summed E-state index contributed by atoms with van der Waals surface area (Å²) in [6.07, 6.45) is 9.39. The molecule has 1 aromatic rings. The fraction of sp³-hybridized carbons (Fsp3) is 0.684. The molecule has 0 spiro atoms. The van der Waals surface area contributed by atoms with Crippen molar-refractivity contribution in [3.8, 4) is 0 Å². The lowest BCUT2D eigenvalue weighted by molar-refractivity contribution is 0.184. The van der Waals surface area contributed by atoms with Gasteiger partial charge in [0, 0.05) is 12.6 Å². The van der Waals surface area contributed by atoms with Crippen LogP contribution in [-0.4, -0.2) is 31.1 Å². The van der Waals surface area contributed by atoms with E-state index in [1.165, 1.54) is 49.7 Å². The highest BCUT2D eigenvalue weighted by Crippen LogP contribution is 2.22. The molecule has 21 heavy (non-hydrogen) atoms. The van der Waals surface area contributed by atoms with Crippen LogP contribution in [0.2, 0.25) is 0 Å². The first kappa shape index (κ1) is 16.5. The molecule has 1 fully saturated rings. The van der Waals surface area contributed by atoms with Crippen molar-refractivity contribution in [1.29, 1.82) is 0 Å². The van der Waals surface area contributed by atoms with E-state index in [2.05, 4.69) is 48.5 Å².